The van der Waals surface area contributed by atoms with E-state index in [9.17, 15) is 0 Å². The summed E-state index contributed by atoms with van der Waals surface area (Å²) in [7, 11) is 0. The van der Waals surface area contributed by atoms with Crippen molar-refractivity contribution in [1.82, 2.24) is 0 Å². The minimum atomic E-state index is 0.0583. The molecule has 0 aliphatic rings. The molecule has 0 aliphatic heterocycles. The number of hydrogen-bond donors (Lipinski definition) is 0. The molecule has 1 heteroatoms. The first kappa shape index (κ1) is 11.2. The van der Waals surface area contributed by atoms with Crippen molar-refractivity contribution in [3.63, 3.8) is 0 Å². The Kier molecular flexibility index (Phi) is 3.63. The summed E-state index contributed by atoms with van der Waals surface area (Å²) in [6.07, 6.45) is 0.882. The first-order chi connectivity index (χ1) is 7.75. The summed E-state index contributed by atoms with van der Waals surface area (Å²) in [6.45, 7) is 2.11. The minimum Gasteiger partial charge on any atom is -0.117 e. The molecule has 0 bridgehead atoms. The SMILES string of the molecule is Cc1cccc(CC(Cl)c2ccccc2)c1. The van der Waals surface area contributed by atoms with E-state index in [-0.39, 0.29) is 5.38 Å². The second-order valence-electron chi connectivity index (χ2n) is 4.07. The second-order valence-corrected chi connectivity index (χ2v) is 4.60. The zero-order chi connectivity index (χ0) is 11.4. The summed E-state index contributed by atoms with van der Waals surface area (Å²) >= 11 is 6.39. The fourth-order valence-corrected chi connectivity index (χ4v) is 2.15. The van der Waals surface area contributed by atoms with Crippen LogP contribution < -0.4 is 0 Å². The van der Waals surface area contributed by atoms with Gasteiger partial charge in [0.05, 0.1) is 5.38 Å². The quantitative estimate of drug-likeness (QED) is 0.681. The number of benzene rings is 2. The van der Waals surface area contributed by atoms with Crippen molar-refractivity contribution in [2.75, 3.05) is 0 Å². The Hall–Kier alpha value is -1.27. The molecule has 0 radical (unpaired) electrons. The number of alkyl halides is 1. The van der Waals surface area contributed by atoms with Gasteiger partial charge in [0.2, 0.25) is 0 Å². The normalized spacial score (nSPS) is 12.4. The maximum absolute atomic E-state index is 6.39. The summed E-state index contributed by atoms with van der Waals surface area (Å²) in [4.78, 5) is 0. The van der Waals surface area contributed by atoms with Crippen LogP contribution in [0.15, 0.2) is 54.6 Å². The zero-order valence-electron chi connectivity index (χ0n) is 9.36. The fraction of sp³-hybridized carbons (Fsp3) is 0.200. The summed E-state index contributed by atoms with van der Waals surface area (Å²) < 4.78 is 0. The summed E-state index contributed by atoms with van der Waals surface area (Å²) in [5.74, 6) is 0. The van der Waals surface area contributed by atoms with Crippen molar-refractivity contribution < 1.29 is 0 Å². The van der Waals surface area contributed by atoms with Gasteiger partial charge in [0.25, 0.3) is 0 Å². The average molecular weight is 231 g/mol. The molecule has 0 aliphatic carbocycles. The van der Waals surface area contributed by atoms with Crippen molar-refractivity contribution in [2.24, 2.45) is 0 Å². The Balaban J connectivity index is 2.11. The van der Waals surface area contributed by atoms with Gasteiger partial charge in [-0.15, -0.1) is 11.6 Å². The highest BCUT2D eigenvalue weighted by Gasteiger charge is 2.07. The summed E-state index contributed by atoms with van der Waals surface area (Å²) in [5.41, 5.74) is 3.77. The van der Waals surface area contributed by atoms with E-state index in [4.69, 9.17) is 11.6 Å². The largest absolute Gasteiger partial charge is 0.117 e. The Bertz CT molecular complexity index is 448. The van der Waals surface area contributed by atoms with Gasteiger partial charge in [0, 0.05) is 0 Å². The van der Waals surface area contributed by atoms with Crippen LogP contribution in [0.25, 0.3) is 0 Å². The van der Waals surface area contributed by atoms with E-state index in [0.717, 1.165) is 6.42 Å². The molecule has 1 atom stereocenters. The lowest BCUT2D eigenvalue weighted by atomic mass is 10.0. The van der Waals surface area contributed by atoms with Crippen molar-refractivity contribution in [1.29, 1.82) is 0 Å². The zero-order valence-corrected chi connectivity index (χ0v) is 10.1. The molecule has 0 spiro atoms. The molecule has 2 aromatic carbocycles. The Morgan fingerprint density at radius 1 is 1.00 bits per heavy atom. The van der Waals surface area contributed by atoms with Gasteiger partial charge in [-0.05, 0) is 24.5 Å². The van der Waals surface area contributed by atoms with Crippen LogP contribution in [0.2, 0.25) is 0 Å². The van der Waals surface area contributed by atoms with Crippen LogP contribution in [-0.4, -0.2) is 0 Å². The van der Waals surface area contributed by atoms with E-state index >= 15 is 0 Å². The molecule has 0 N–H and O–H groups in total. The second kappa shape index (κ2) is 5.18. The van der Waals surface area contributed by atoms with Crippen LogP contribution in [0.5, 0.6) is 0 Å². The third kappa shape index (κ3) is 2.86. The van der Waals surface area contributed by atoms with E-state index < -0.39 is 0 Å². The molecule has 0 aromatic heterocycles. The predicted octanol–water partition coefficient (Wildman–Crippen LogP) is 4.52. The highest BCUT2D eigenvalue weighted by atomic mass is 35.5. The smallest absolute Gasteiger partial charge is 0.0625 e. The van der Waals surface area contributed by atoms with Crippen LogP contribution in [0.1, 0.15) is 22.1 Å². The number of aryl methyl sites for hydroxylation is 1. The van der Waals surface area contributed by atoms with Crippen molar-refractivity contribution >= 4 is 11.6 Å². The molecule has 2 aromatic rings. The number of rotatable bonds is 3. The lowest BCUT2D eigenvalue weighted by Crippen LogP contribution is -1.95. The lowest BCUT2D eigenvalue weighted by Gasteiger charge is -2.10. The molecule has 0 saturated carbocycles. The van der Waals surface area contributed by atoms with E-state index in [1.54, 1.807) is 0 Å². The van der Waals surface area contributed by atoms with Gasteiger partial charge in [-0.25, -0.2) is 0 Å². The Morgan fingerprint density at radius 2 is 1.75 bits per heavy atom. The van der Waals surface area contributed by atoms with E-state index in [2.05, 4.69) is 43.3 Å². The van der Waals surface area contributed by atoms with Gasteiger partial charge in [0.15, 0.2) is 0 Å². The summed E-state index contributed by atoms with van der Waals surface area (Å²) in [6, 6.07) is 18.7. The average Bonchev–Trinajstić information content (AvgIpc) is 2.30. The molecular formula is C15H15Cl. The molecule has 82 valence electrons. The molecule has 16 heavy (non-hydrogen) atoms. The topological polar surface area (TPSA) is 0 Å². The van der Waals surface area contributed by atoms with Gasteiger partial charge < -0.3 is 0 Å². The van der Waals surface area contributed by atoms with Crippen LogP contribution >= 0.6 is 11.6 Å². The van der Waals surface area contributed by atoms with Gasteiger partial charge in [-0.2, -0.15) is 0 Å². The lowest BCUT2D eigenvalue weighted by molar-refractivity contribution is 0.918. The van der Waals surface area contributed by atoms with E-state index in [1.165, 1.54) is 16.7 Å². The standard InChI is InChI=1S/C15H15Cl/c1-12-6-5-7-13(10-12)11-15(16)14-8-3-2-4-9-14/h2-10,15H,11H2,1H3. The molecule has 0 amide bonds. The Labute approximate surface area is 102 Å². The molecular weight excluding hydrogens is 216 g/mol. The van der Waals surface area contributed by atoms with Gasteiger partial charge >= 0.3 is 0 Å². The highest BCUT2D eigenvalue weighted by Crippen LogP contribution is 2.24. The number of hydrogen-bond acceptors (Lipinski definition) is 0. The van der Waals surface area contributed by atoms with Crippen molar-refractivity contribution in [3.05, 3.63) is 71.3 Å². The van der Waals surface area contributed by atoms with Crippen LogP contribution in [0.3, 0.4) is 0 Å². The molecule has 0 heterocycles. The van der Waals surface area contributed by atoms with Crippen molar-refractivity contribution in [3.8, 4) is 0 Å². The number of halogens is 1. The Morgan fingerprint density at radius 3 is 2.44 bits per heavy atom. The first-order valence-electron chi connectivity index (χ1n) is 5.50. The maximum Gasteiger partial charge on any atom is 0.0625 e. The van der Waals surface area contributed by atoms with E-state index in [1.807, 2.05) is 18.2 Å². The van der Waals surface area contributed by atoms with Gasteiger partial charge in [-0.3, -0.25) is 0 Å². The van der Waals surface area contributed by atoms with Crippen LogP contribution in [0, 0.1) is 6.92 Å². The molecule has 0 saturated heterocycles. The van der Waals surface area contributed by atoms with Crippen molar-refractivity contribution in [2.45, 2.75) is 18.7 Å². The molecule has 0 fully saturated rings. The van der Waals surface area contributed by atoms with Gasteiger partial charge in [0.1, 0.15) is 0 Å². The van der Waals surface area contributed by atoms with Crippen LogP contribution in [0.4, 0.5) is 0 Å². The minimum absolute atomic E-state index is 0.0583. The molecule has 0 nitrogen and oxygen atoms in total. The van der Waals surface area contributed by atoms with Crippen LogP contribution in [-0.2, 0) is 6.42 Å². The van der Waals surface area contributed by atoms with E-state index in [0.29, 0.717) is 0 Å². The summed E-state index contributed by atoms with van der Waals surface area (Å²) in [5, 5.41) is 0.0583. The molecule has 2 rings (SSSR count). The monoisotopic (exact) mass is 230 g/mol. The fourth-order valence-electron chi connectivity index (χ4n) is 1.83. The predicted molar refractivity (Wildman–Crippen MR) is 69.9 cm³/mol. The molecule has 1 unspecified atom stereocenters. The third-order valence-electron chi connectivity index (χ3n) is 2.66. The van der Waals surface area contributed by atoms with Gasteiger partial charge in [-0.1, -0.05) is 60.2 Å². The highest BCUT2D eigenvalue weighted by molar-refractivity contribution is 6.20. The third-order valence-corrected chi connectivity index (χ3v) is 3.06. The first-order valence-corrected chi connectivity index (χ1v) is 5.94. The maximum atomic E-state index is 6.39.